The van der Waals surface area contributed by atoms with Gasteiger partial charge < -0.3 is 10.2 Å². The topological polar surface area (TPSA) is 66.8 Å². The summed E-state index contributed by atoms with van der Waals surface area (Å²) < 4.78 is 0. The summed E-state index contributed by atoms with van der Waals surface area (Å²) in [7, 11) is 0. The predicted molar refractivity (Wildman–Crippen MR) is 94.8 cm³/mol. The van der Waals surface area contributed by atoms with Crippen molar-refractivity contribution in [1.82, 2.24) is 25.5 Å². The maximum Gasteiger partial charge on any atom is 0.151 e. The van der Waals surface area contributed by atoms with E-state index in [1.807, 2.05) is 36.0 Å². The highest BCUT2D eigenvalue weighted by Gasteiger charge is 2.27. The standard InChI is InChI=1S/C17H18N6S/c1-2-17(22-21-16(1)14-3-5-18-6-4-14)23-10-13(11-23)7-19-8-15-9-20-12-24-15/h1-6,9,12-13,19H,7-8,10-11H2. The van der Waals surface area contributed by atoms with Crippen molar-refractivity contribution in [3.63, 3.8) is 0 Å². The van der Waals surface area contributed by atoms with E-state index in [0.717, 1.165) is 43.3 Å². The molecule has 0 bridgehead atoms. The first-order chi connectivity index (χ1) is 11.9. The summed E-state index contributed by atoms with van der Waals surface area (Å²) in [5.41, 5.74) is 3.79. The van der Waals surface area contributed by atoms with Gasteiger partial charge in [-0.05, 0) is 24.3 Å². The van der Waals surface area contributed by atoms with Crippen LogP contribution in [0, 0.1) is 5.92 Å². The molecule has 122 valence electrons. The summed E-state index contributed by atoms with van der Waals surface area (Å²) >= 11 is 1.69. The normalized spacial score (nSPS) is 14.6. The van der Waals surface area contributed by atoms with Gasteiger partial charge in [-0.3, -0.25) is 9.97 Å². The summed E-state index contributed by atoms with van der Waals surface area (Å²) in [6.45, 7) is 3.98. The molecule has 4 heterocycles. The highest BCUT2D eigenvalue weighted by atomic mass is 32.1. The molecule has 1 aliphatic rings. The Morgan fingerprint density at radius 1 is 1.08 bits per heavy atom. The van der Waals surface area contributed by atoms with Gasteiger partial charge in [0, 0.05) is 61.1 Å². The van der Waals surface area contributed by atoms with Crippen LogP contribution in [0.3, 0.4) is 0 Å². The lowest BCUT2D eigenvalue weighted by molar-refractivity contribution is 0.382. The zero-order valence-electron chi connectivity index (χ0n) is 13.2. The minimum atomic E-state index is 0.666. The van der Waals surface area contributed by atoms with Gasteiger partial charge >= 0.3 is 0 Å². The smallest absolute Gasteiger partial charge is 0.151 e. The molecule has 4 rings (SSSR count). The van der Waals surface area contributed by atoms with Crippen molar-refractivity contribution in [1.29, 1.82) is 0 Å². The molecule has 3 aromatic heterocycles. The van der Waals surface area contributed by atoms with Gasteiger partial charge in [-0.2, -0.15) is 0 Å². The van der Waals surface area contributed by atoms with Crippen LogP contribution < -0.4 is 10.2 Å². The van der Waals surface area contributed by atoms with Crippen LogP contribution in [0.4, 0.5) is 5.82 Å². The van der Waals surface area contributed by atoms with E-state index in [0.29, 0.717) is 5.92 Å². The first kappa shape index (κ1) is 15.2. The van der Waals surface area contributed by atoms with Crippen molar-refractivity contribution >= 4 is 17.2 Å². The van der Waals surface area contributed by atoms with Crippen LogP contribution in [-0.2, 0) is 6.54 Å². The summed E-state index contributed by atoms with van der Waals surface area (Å²) in [5, 5.41) is 12.2. The largest absolute Gasteiger partial charge is 0.354 e. The van der Waals surface area contributed by atoms with Crippen molar-refractivity contribution in [3.8, 4) is 11.3 Å². The van der Waals surface area contributed by atoms with Crippen molar-refractivity contribution in [2.45, 2.75) is 6.54 Å². The van der Waals surface area contributed by atoms with Crippen LogP contribution in [0.25, 0.3) is 11.3 Å². The summed E-state index contributed by atoms with van der Waals surface area (Å²) in [5.74, 6) is 1.62. The molecule has 7 heteroatoms. The lowest BCUT2D eigenvalue weighted by Crippen LogP contribution is -2.51. The van der Waals surface area contributed by atoms with E-state index >= 15 is 0 Å². The second-order valence-corrected chi connectivity index (χ2v) is 6.85. The first-order valence-electron chi connectivity index (χ1n) is 7.95. The van der Waals surface area contributed by atoms with E-state index in [4.69, 9.17) is 0 Å². The van der Waals surface area contributed by atoms with Gasteiger partial charge in [-0.15, -0.1) is 21.5 Å². The van der Waals surface area contributed by atoms with Crippen LogP contribution in [0.2, 0.25) is 0 Å². The second kappa shape index (κ2) is 7.02. The SMILES string of the molecule is c1cc(-c2ccc(N3CC(CNCc4cncs4)C3)nn2)ccn1. The Hall–Kier alpha value is -2.38. The predicted octanol–water partition coefficient (Wildman–Crippen LogP) is 2.22. The van der Waals surface area contributed by atoms with Gasteiger partial charge in [0.25, 0.3) is 0 Å². The summed E-state index contributed by atoms with van der Waals surface area (Å²) in [6, 6.07) is 7.95. The maximum absolute atomic E-state index is 4.36. The fourth-order valence-electron chi connectivity index (χ4n) is 2.79. The van der Waals surface area contributed by atoms with E-state index < -0.39 is 0 Å². The average molecular weight is 338 g/mol. The molecule has 0 amide bonds. The van der Waals surface area contributed by atoms with Crippen LogP contribution >= 0.6 is 11.3 Å². The van der Waals surface area contributed by atoms with Crippen molar-refractivity contribution < 1.29 is 0 Å². The second-order valence-electron chi connectivity index (χ2n) is 5.88. The molecule has 3 aromatic rings. The number of pyridine rings is 1. The molecule has 24 heavy (non-hydrogen) atoms. The zero-order chi connectivity index (χ0) is 16.2. The number of nitrogens with one attached hydrogen (secondary N) is 1. The van der Waals surface area contributed by atoms with Gasteiger partial charge in [0.2, 0.25) is 0 Å². The molecule has 1 aliphatic heterocycles. The highest BCUT2D eigenvalue weighted by molar-refractivity contribution is 7.09. The van der Waals surface area contributed by atoms with Gasteiger partial charge in [-0.1, -0.05) is 0 Å². The third kappa shape index (κ3) is 3.42. The molecular formula is C17H18N6S. The van der Waals surface area contributed by atoms with Crippen molar-refractivity contribution in [2.75, 3.05) is 24.5 Å². The Morgan fingerprint density at radius 3 is 2.67 bits per heavy atom. The number of aromatic nitrogens is 4. The third-order valence-electron chi connectivity index (χ3n) is 4.12. The molecule has 0 saturated carbocycles. The molecule has 0 aromatic carbocycles. The molecule has 1 N–H and O–H groups in total. The Balaban J connectivity index is 1.26. The molecule has 0 atom stereocenters. The molecule has 0 radical (unpaired) electrons. The number of thiazole rings is 1. The minimum absolute atomic E-state index is 0.666. The maximum atomic E-state index is 4.36. The zero-order valence-corrected chi connectivity index (χ0v) is 14.0. The van der Waals surface area contributed by atoms with Gasteiger partial charge in [0.1, 0.15) is 0 Å². The van der Waals surface area contributed by atoms with E-state index in [1.165, 1.54) is 4.88 Å². The Bertz CT molecular complexity index is 754. The molecule has 0 unspecified atom stereocenters. The minimum Gasteiger partial charge on any atom is -0.354 e. The van der Waals surface area contributed by atoms with Crippen LogP contribution in [0.1, 0.15) is 4.88 Å². The average Bonchev–Trinajstić information content (AvgIpc) is 3.11. The Morgan fingerprint density at radius 2 is 1.96 bits per heavy atom. The van der Waals surface area contributed by atoms with E-state index in [9.17, 15) is 0 Å². The third-order valence-corrected chi connectivity index (χ3v) is 4.90. The lowest BCUT2D eigenvalue weighted by Gasteiger charge is -2.40. The fourth-order valence-corrected chi connectivity index (χ4v) is 3.35. The monoisotopic (exact) mass is 338 g/mol. The van der Waals surface area contributed by atoms with Crippen LogP contribution in [0.5, 0.6) is 0 Å². The van der Waals surface area contributed by atoms with Gasteiger partial charge in [0.05, 0.1) is 11.2 Å². The lowest BCUT2D eigenvalue weighted by atomic mass is 10.0. The summed E-state index contributed by atoms with van der Waals surface area (Å²) in [4.78, 5) is 11.7. The highest BCUT2D eigenvalue weighted by Crippen LogP contribution is 2.23. The Kier molecular flexibility index (Phi) is 4.44. The van der Waals surface area contributed by atoms with E-state index in [2.05, 4.69) is 30.4 Å². The van der Waals surface area contributed by atoms with Gasteiger partial charge in [-0.25, -0.2) is 0 Å². The number of anilines is 1. The van der Waals surface area contributed by atoms with Crippen LogP contribution in [0.15, 0.2) is 48.4 Å². The molecule has 1 fully saturated rings. The van der Waals surface area contributed by atoms with E-state index in [-0.39, 0.29) is 0 Å². The van der Waals surface area contributed by atoms with Crippen LogP contribution in [-0.4, -0.2) is 39.8 Å². The quantitative estimate of drug-likeness (QED) is 0.743. The molecule has 0 spiro atoms. The number of rotatable bonds is 6. The van der Waals surface area contributed by atoms with Gasteiger partial charge in [0.15, 0.2) is 5.82 Å². The molecule has 6 nitrogen and oxygen atoms in total. The summed E-state index contributed by atoms with van der Waals surface area (Å²) in [6.07, 6.45) is 5.46. The number of hydrogen-bond acceptors (Lipinski definition) is 7. The van der Waals surface area contributed by atoms with Crippen molar-refractivity contribution in [2.24, 2.45) is 5.92 Å². The molecule has 1 saturated heterocycles. The Labute approximate surface area is 144 Å². The molecule has 0 aliphatic carbocycles. The fraction of sp³-hybridized carbons (Fsp3) is 0.294. The number of hydrogen-bond donors (Lipinski definition) is 1. The first-order valence-corrected chi connectivity index (χ1v) is 8.83. The number of nitrogens with zero attached hydrogens (tertiary/aromatic N) is 5. The van der Waals surface area contributed by atoms with Crippen molar-refractivity contribution in [3.05, 3.63) is 53.2 Å². The van der Waals surface area contributed by atoms with E-state index in [1.54, 1.807) is 23.7 Å². The molecular weight excluding hydrogens is 320 g/mol.